The Morgan fingerprint density at radius 1 is 1.25 bits per heavy atom. The van der Waals surface area contributed by atoms with Crippen LogP contribution in [-0.4, -0.2) is 40.2 Å². The highest BCUT2D eigenvalue weighted by Gasteiger charge is 2.35. The molecule has 2 aromatic rings. The van der Waals surface area contributed by atoms with Crippen LogP contribution in [0.2, 0.25) is 5.02 Å². The average Bonchev–Trinajstić information content (AvgIpc) is 3.38. The highest BCUT2D eigenvalue weighted by atomic mass is 35.5. The molecule has 0 bridgehead atoms. The van der Waals surface area contributed by atoms with E-state index in [4.69, 9.17) is 16.7 Å². The molecule has 7 heteroatoms. The van der Waals surface area contributed by atoms with E-state index in [0.717, 1.165) is 12.1 Å². The van der Waals surface area contributed by atoms with Gasteiger partial charge in [0.2, 0.25) is 0 Å². The van der Waals surface area contributed by atoms with Gasteiger partial charge in [-0.2, -0.15) is 5.10 Å². The van der Waals surface area contributed by atoms with Crippen molar-refractivity contribution in [1.29, 1.82) is 0 Å². The van der Waals surface area contributed by atoms with Crippen LogP contribution in [-0.2, 0) is 5.54 Å². The maximum Gasteiger partial charge on any atom is 0.274 e. The van der Waals surface area contributed by atoms with Crippen LogP contribution < -0.4 is 5.32 Å². The van der Waals surface area contributed by atoms with E-state index in [1.807, 2.05) is 39.9 Å². The number of carbonyl (C=O) groups is 1. The van der Waals surface area contributed by atoms with E-state index < -0.39 is 0 Å². The van der Waals surface area contributed by atoms with E-state index in [2.05, 4.69) is 26.1 Å². The lowest BCUT2D eigenvalue weighted by Gasteiger charge is -2.36. The summed E-state index contributed by atoms with van der Waals surface area (Å²) in [5, 5.41) is 8.83. The standard InChI is InChI=1S/C21H27ClN4O.ClH/c1-21(2,3)26-18(14-8-9-14)12-17(24-26)20(27)25-11-10-23-13-19(25)15-6-4-5-7-16(15)22;/h4-7,12,14,19,23H,8-11,13H2,1-3H3;1H. The lowest BCUT2D eigenvalue weighted by Crippen LogP contribution is -2.49. The molecule has 1 amide bonds. The second-order valence-electron chi connectivity index (χ2n) is 8.55. The lowest BCUT2D eigenvalue weighted by molar-refractivity contribution is 0.0626. The van der Waals surface area contributed by atoms with Crippen LogP contribution in [0.15, 0.2) is 30.3 Å². The number of carbonyl (C=O) groups excluding carboxylic acids is 1. The van der Waals surface area contributed by atoms with Crippen molar-refractivity contribution in [3.8, 4) is 0 Å². The Bertz CT molecular complexity index is 854. The van der Waals surface area contributed by atoms with Crippen LogP contribution in [0.1, 0.15) is 67.3 Å². The fraction of sp³-hybridized carbons (Fsp3) is 0.524. The molecule has 5 nitrogen and oxygen atoms in total. The lowest BCUT2D eigenvalue weighted by atomic mass is 10.0. The monoisotopic (exact) mass is 422 g/mol. The number of hydrogen-bond acceptors (Lipinski definition) is 3. The average molecular weight is 423 g/mol. The van der Waals surface area contributed by atoms with E-state index in [0.29, 0.717) is 29.7 Å². The first-order valence-electron chi connectivity index (χ1n) is 9.73. The van der Waals surface area contributed by atoms with Crippen LogP contribution in [0.4, 0.5) is 0 Å². The first-order chi connectivity index (χ1) is 12.9. The van der Waals surface area contributed by atoms with Gasteiger partial charge in [0.1, 0.15) is 0 Å². The van der Waals surface area contributed by atoms with Crippen LogP contribution in [0.25, 0.3) is 0 Å². The third kappa shape index (κ3) is 4.07. The summed E-state index contributed by atoms with van der Waals surface area (Å²) in [6.45, 7) is 8.54. The quantitative estimate of drug-likeness (QED) is 0.798. The van der Waals surface area contributed by atoms with Gasteiger partial charge in [0.05, 0.1) is 11.6 Å². The Kier molecular flexibility index (Phi) is 6.08. The molecule has 2 aliphatic rings. The van der Waals surface area contributed by atoms with Crippen molar-refractivity contribution in [3.63, 3.8) is 0 Å². The third-order valence-electron chi connectivity index (χ3n) is 5.36. The summed E-state index contributed by atoms with van der Waals surface area (Å²) in [5.41, 5.74) is 2.58. The fourth-order valence-corrected chi connectivity index (χ4v) is 4.09. The first-order valence-corrected chi connectivity index (χ1v) is 10.1. The van der Waals surface area contributed by atoms with Gasteiger partial charge in [-0.15, -0.1) is 12.4 Å². The van der Waals surface area contributed by atoms with E-state index in [1.54, 1.807) is 0 Å². The highest BCUT2D eigenvalue weighted by molar-refractivity contribution is 6.31. The normalized spacial score (nSPS) is 20.0. The second kappa shape index (κ2) is 8.05. The molecule has 4 rings (SSSR count). The van der Waals surface area contributed by atoms with Crippen LogP contribution >= 0.6 is 24.0 Å². The molecular formula is C21H28Cl2N4O. The number of halogens is 2. The molecule has 1 saturated carbocycles. The smallest absolute Gasteiger partial charge is 0.274 e. The van der Waals surface area contributed by atoms with Gasteiger partial charge in [0.25, 0.3) is 5.91 Å². The Morgan fingerprint density at radius 3 is 2.61 bits per heavy atom. The van der Waals surface area contributed by atoms with Crippen molar-refractivity contribution in [1.82, 2.24) is 20.0 Å². The highest BCUT2D eigenvalue weighted by Crippen LogP contribution is 2.42. The molecule has 1 unspecified atom stereocenters. The molecule has 1 aromatic carbocycles. The number of aromatic nitrogens is 2. The predicted molar refractivity (Wildman–Crippen MR) is 115 cm³/mol. The summed E-state index contributed by atoms with van der Waals surface area (Å²) < 4.78 is 2.05. The van der Waals surface area contributed by atoms with Gasteiger partial charge in [-0.05, 0) is 51.3 Å². The van der Waals surface area contributed by atoms with Gasteiger partial charge >= 0.3 is 0 Å². The number of hydrogen-bond donors (Lipinski definition) is 1. The summed E-state index contributed by atoms with van der Waals surface area (Å²) in [4.78, 5) is 15.3. The maximum absolute atomic E-state index is 13.4. The molecule has 152 valence electrons. The summed E-state index contributed by atoms with van der Waals surface area (Å²) in [6.07, 6.45) is 2.37. The zero-order valence-electron chi connectivity index (χ0n) is 16.6. The number of nitrogens with zero attached hydrogens (tertiary/aromatic N) is 3. The molecule has 2 fully saturated rings. The van der Waals surface area contributed by atoms with Crippen molar-refractivity contribution in [3.05, 3.63) is 52.3 Å². The first kappa shape index (κ1) is 21.2. The molecule has 1 aromatic heterocycles. The van der Waals surface area contributed by atoms with E-state index in [9.17, 15) is 4.79 Å². The molecule has 1 saturated heterocycles. The zero-order chi connectivity index (χ0) is 19.2. The minimum absolute atomic E-state index is 0. The van der Waals surface area contributed by atoms with E-state index in [1.165, 1.54) is 18.5 Å². The molecule has 0 radical (unpaired) electrons. The Morgan fingerprint density at radius 2 is 1.96 bits per heavy atom. The number of amides is 1. The number of rotatable bonds is 3. The van der Waals surface area contributed by atoms with Crippen molar-refractivity contribution < 1.29 is 4.79 Å². The summed E-state index contributed by atoms with van der Waals surface area (Å²) in [5.74, 6) is 0.534. The van der Waals surface area contributed by atoms with Gasteiger partial charge in [-0.3, -0.25) is 9.48 Å². The largest absolute Gasteiger partial charge is 0.328 e. The van der Waals surface area contributed by atoms with Crippen molar-refractivity contribution >= 4 is 29.9 Å². The predicted octanol–water partition coefficient (Wildman–Crippen LogP) is 4.38. The van der Waals surface area contributed by atoms with Crippen molar-refractivity contribution in [2.45, 2.75) is 51.1 Å². The molecule has 1 atom stereocenters. The van der Waals surface area contributed by atoms with Crippen molar-refractivity contribution in [2.24, 2.45) is 0 Å². The Labute approximate surface area is 177 Å². The molecule has 0 spiro atoms. The van der Waals surface area contributed by atoms with E-state index in [-0.39, 0.29) is 29.9 Å². The second-order valence-corrected chi connectivity index (χ2v) is 8.96. The zero-order valence-corrected chi connectivity index (χ0v) is 18.2. The molecular weight excluding hydrogens is 395 g/mol. The molecule has 1 aliphatic heterocycles. The minimum Gasteiger partial charge on any atom is -0.328 e. The van der Waals surface area contributed by atoms with Gasteiger partial charge in [-0.1, -0.05) is 29.8 Å². The van der Waals surface area contributed by atoms with Gasteiger partial charge in [0.15, 0.2) is 5.69 Å². The van der Waals surface area contributed by atoms with E-state index >= 15 is 0 Å². The van der Waals surface area contributed by atoms with Gasteiger partial charge in [-0.25, -0.2) is 0 Å². The van der Waals surface area contributed by atoms with Gasteiger partial charge < -0.3 is 10.2 Å². The van der Waals surface area contributed by atoms with Crippen LogP contribution in [0.3, 0.4) is 0 Å². The number of benzene rings is 1. The topological polar surface area (TPSA) is 50.2 Å². The number of nitrogens with one attached hydrogen (secondary N) is 1. The summed E-state index contributed by atoms with van der Waals surface area (Å²) in [7, 11) is 0. The summed E-state index contributed by atoms with van der Waals surface area (Å²) >= 11 is 6.43. The molecule has 1 N–H and O–H groups in total. The summed E-state index contributed by atoms with van der Waals surface area (Å²) in [6, 6.07) is 9.71. The Hall–Kier alpha value is -1.56. The van der Waals surface area contributed by atoms with Crippen molar-refractivity contribution in [2.75, 3.05) is 19.6 Å². The van der Waals surface area contributed by atoms with Crippen LogP contribution in [0, 0.1) is 0 Å². The van der Waals surface area contributed by atoms with Crippen LogP contribution in [0.5, 0.6) is 0 Å². The fourth-order valence-electron chi connectivity index (χ4n) is 3.82. The SMILES string of the molecule is CC(C)(C)n1nc(C(=O)N2CCNCC2c2ccccc2Cl)cc1C1CC1.Cl. The Balaban J connectivity index is 0.00000225. The number of piperazine rings is 1. The minimum atomic E-state index is -0.137. The molecule has 1 aliphatic carbocycles. The molecule has 28 heavy (non-hydrogen) atoms. The maximum atomic E-state index is 13.4. The third-order valence-corrected chi connectivity index (χ3v) is 5.70. The molecule has 2 heterocycles. The van der Waals surface area contributed by atoms with Gasteiger partial charge in [0, 0.05) is 36.3 Å².